The molecule has 1 atom stereocenters. The summed E-state index contributed by atoms with van der Waals surface area (Å²) in [6.45, 7) is 4.22. The molecule has 2 aromatic rings. The Hall–Kier alpha value is -1.54. The van der Waals surface area contributed by atoms with Gasteiger partial charge < -0.3 is 20.3 Å². The molecule has 0 spiro atoms. The van der Waals surface area contributed by atoms with Gasteiger partial charge in [0.2, 0.25) is 0 Å². The SMILES string of the molecule is CCNC(=NCc1ccn(C)c1)NCC(CO)c1ccccc1.I. The van der Waals surface area contributed by atoms with Crippen LogP contribution in [0, 0.1) is 0 Å². The van der Waals surface area contributed by atoms with E-state index in [9.17, 15) is 5.11 Å². The number of aliphatic hydroxyl groups is 1. The molecule has 2 rings (SSSR count). The van der Waals surface area contributed by atoms with Crippen molar-refractivity contribution in [3.63, 3.8) is 0 Å². The van der Waals surface area contributed by atoms with Gasteiger partial charge in [0.05, 0.1) is 13.2 Å². The van der Waals surface area contributed by atoms with Crippen LogP contribution in [0.25, 0.3) is 0 Å². The van der Waals surface area contributed by atoms with Crippen molar-refractivity contribution in [3.8, 4) is 0 Å². The monoisotopic (exact) mass is 442 g/mol. The number of hydrogen-bond acceptors (Lipinski definition) is 2. The molecule has 0 amide bonds. The van der Waals surface area contributed by atoms with Crippen molar-refractivity contribution in [2.75, 3.05) is 19.7 Å². The summed E-state index contributed by atoms with van der Waals surface area (Å²) in [5.41, 5.74) is 2.30. The van der Waals surface area contributed by atoms with E-state index in [1.807, 2.05) is 55.1 Å². The summed E-state index contributed by atoms with van der Waals surface area (Å²) < 4.78 is 2.02. The standard InChI is InChI=1S/C18H26N4O.HI/c1-3-19-18(20-11-15-9-10-22(2)13-15)21-12-17(14-23)16-7-5-4-6-8-16;/h4-10,13,17,23H,3,11-12,14H2,1-2H3,(H2,19,20,21);1H. The van der Waals surface area contributed by atoms with E-state index < -0.39 is 0 Å². The Bertz CT molecular complexity index is 612. The van der Waals surface area contributed by atoms with E-state index in [-0.39, 0.29) is 36.5 Å². The first-order valence-corrected chi connectivity index (χ1v) is 8.01. The molecule has 1 unspecified atom stereocenters. The zero-order valence-corrected chi connectivity index (χ0v) is 16.6. The van der Waals surface area contributed by atoms with Crippen LogP contribution in [-0.4, -0.2) is 35.3 Å². The first-order valence-electron chi connectivity index (χ1n) is 8.01. The topological polar surface area (TPSA) is 61.6 Å². The fraction of sp³-hybridized carbons (Fsp3) is 0.389. The number of guanidine groups is 1. The number of nitrogens with zero attached hydrogens (tertiary/aromatic N) is 2. The number of hydrogen-bond donors (Lipinski definition) is 3. The third-order valence-electron chi connectivity index (χ3n) is 3.66. The molecule has 0 aliphatic heterocycles. The van der Waals surface area contributed by atoms with Crippen molar-refractivity contribution >= 4 is 29.9 Å². The van der Waals surface area contributed by atoms with E-state index in [2.05, 4.69) is 27.9 Å². The van der Waals surface area contributed by atoms with Crippen molar-refractivity contribution in [1.29, 1.82) is 0 Å². The van der Waals surface area contributed by atoms with Crippen molar-refractivity contribution in [1.82, 2.24) is 15.2 Å². The summed E-state index contributed by atoms with van der Waals surface area (Å²) in [6, 6.07) is 12.1. The summed E-state index contributed by atoms with van der Waals surface area (Å²) in [5, 5.41) is 16.2. The Kier molecular flexibility index (Phi) is 9.48. The molecule has 0 radical (unpaired) electrons. The maximum atomic E-state index is 9.63. The first-order chi connectivity index (χ1) is 11.2. The second kappa shape index (κ2) is 11.1. The van der Waals surface area contributed by atoms with Gasteiger partial charge in [-0.2, -0.15) is 0 Å². The quantitative estimate of drug-likeness (QED) is 0.351. The predicted molar refractivity (Wildman–Crippen MR) is 110 cm³/mol. The Morgan fingerprint density at radius 1 is 1.21 bits per heavy atom. The number of aliphatic hydroxyl groups excluding tert-OH is 1. The van der Waals surface area contributed by atoms with E-state index >= 15 is 0 Å². The van der Waals surface area contributed by atoms with Crippen molar-refractivity contribution in [2.24, 2.45) is 12.0 Å². The summed E-state index contributed by atoms with van der Waals surface area (Å²) >= 11 is 0. The summed E-state index contributed by atoms with van der Waals surface area (Å²) in [7, 11) is 2.00. The molecule has 0 saturated carbocycles. The second-order valence-electron chi connectivity index (χ2n) is 5.55. The minimum absolute atomic E-state index is 0. The molecular formula is C18H27IN4O. The average molecular weight is 442 g/mol. The maximum Gasteiger partial charge on any atom is 0.191 e. The van der Waals surface area contributed by atoms with Gasteiger partial charge in [-0.25, -0.2) is 4.99 Å². The van der Waals surface area contributed by atoms with Crippen LogP contribution in [0.3, 0.4) is 0 Å². The minimum atomic E-state index is 0. The maximum absolute atomic E-state index is 9.63. The zero-order chi connectivity index (χ0) is 16.5. The van der Waals surface area contributed by atoms with Gasteiger partial charge in [-0.3, -0.25) is 0 Å². The lowest BCUT2D eigenvalue weighted by Crippen LogP contribution is -2.39. The van der Waals surface area contributed by atoms with Gasteiger partial charge >= 0.3 is 0 Å². The van der Waals surface area contributed by atoms with Crippen LogP contribution >= 0.6 is 24.0 Å². The van der Waals surface area contributed by atoms with Crippen LogP contribution in [0.2, 0.25) is 0 Å². The third kappa shape index (κ3) is 6.52. The van der Waals surface area contributed by atoms with Gasteiger partial charge in [-0.1, -0.05) is 30.3 Å². The Balaban J connectivity index is 0.00000288. The number of aryl methyl sites for hydroxylation is 1. The van der Waals surface area contributed by atoms with Crippen LogP contribution in [-0.2, 0) is 13.6 Å². The molecule has 0 bridgehead atoms. The van der Waals surface area contributed by atoms with Gasteiger partial charge in [-0.05, 0) is 24.1 Å². The van der Waals surface area contributed by atoms with Crippen LogP contribution in [0.5, 0.6) is 0 Å². The summed E-state index contributed by atoms with van der Waals surface area (Å²) in [4.78, 5) is 4.60. The van der Waals surface area contributed by atoms with E-state index in [4.69, 9.17) is 0 Å². The lowest BCUT2D eigenvalue weighted by atomic mass is 10.0. The molecule has 6 heteroatoms. The molecule has 1 aromatic carbocycles. The van der Waals surface area contributed by atoms with Gasteiger partial charge in [0.1, 0.15) is 0 Å². The lowest BCUT2D eigenvalue weighted by molar-refractivity contribution is 0.265. The average Bonchev–Trinajstić information content (AvgIpc) is 2.99. The second-order valence-corrected chi connectivity index (χ2v) is 5.55. The smallest absolute Gasteiger partial charge is 0.191 e. The molecule has 0 aliphatic carbocycles. The highest BCUT2D eigenvalue weighted by atomic mass is 127. The molecule has 3 N–H and O–H groups in total. The molecular weight excluding hydrogens is 415 g/mol. The molecule has 1 aromatic heterocycles. The van der Waals surface area contributed by atoms with Crippen molar-refractivity contribution in [3.05, 3.63) is 59.9 Å². The first kappa shape index (κ1) is 20.5. The largest absolute Gasteiger partial charge is 0.396 e. The molecule has 0 aliphatic rings. The predicted octanol–water partition coefficient (Wildman–Crippen LogP) is 2.47. The van der Waals surface area contributed by atoms with Gasteiger partial charge in [0.25, 0.3) is 0 Å². The van der Waals surface area contributed by atoms with Crippen LogP contribution in [0.1, 0.15) is 24.0 Å². The van der Waals surface area contributed by atoms with Crippen LogP contribution in [0.15, 0.2) is 53.8 Å². The van der Waals surface area contributed by atoms with Crippen LogP contribution in [0.4, 0.5) is 0 Å². The number of nitrogens with one attached hydrogen (secondary N) is 2. The number of aliphatic imine (C=N–C) groups is 1. The van der Waals surface area contributed by atoms with E-state index in [1.165, 1.54) is 5.56 Å². The van der Waals surface area contributed by atoms with Gasteiger partial charge in [0, 0.05) is 38.4 Å². The van der Waals surface area contributed by atoms with E-state index in [0.29, 0.717) is 13.1 Å². The Morgan fingerprint density at radius 2 is 1.96 bits per heavy atom. The van der Waals surface area contributed by atoms with Crippen LogP contribution < -0.4 is 10.6 Å². The van der Waals surface area contributed by atoms with E-state index in [0.717, 1.165) is 18.1 Å². The van der Waals surface area contributed by atoms with Crippen molar-refractivity contribution < 1.29 is 5.11 Å². The molecule has 132 valence electrons. The highest BCUT2D eigenvalue weighted by Gasteiger charge is 2.10. The fourth-order valence-corrected chi connectivity index (χ4v) is 2.40. The highest BCUT2D eigenvalue weighted by molar-refractivity contribution is 14.0. The number of rotatable bonds is 7. The number of benzene rings is 1. The van der Waals surface area contributed by atoms with Crippen molar-refractivity contribution in [2.45, 2.75) is 19.4 Å². The number of aromatic nitrogens is 1. The lowest BCUT2D eigenvalue weighted by Gasteiger charge is -2.18. The summed E-state index contributed by atoms with van der Waals surface area (Å²) in [6.07, 6.45) is 4.08. The molecule has 0 saturated heterocycles. The molecule has 0 fully saturated rings. The number of halogens is 1. The molecule has 24 heavy (non-hydrogen) atoms. The zero-order valence-electron chi connectivity index (χ0n) is 14.3. The third-order valence-corrected chi connectivity index (χ3v) is 3.66. The molecule has 1 heterocycles. The van der Waals surface area contributed by atoms with Gasteiger partial charge in [-0.15, -0.1) is 24.0 Å². The summed E-state index contributed by atoms with van der Waals surface area (Å²) in [5.74, 6) is 0.822. The molecule has 5 nitrogen and oxygen atoms in total. The fourth-order valence-electron chi connectivity index (χ4n) is 2.40. The van der Waals surface area contributed by atoms with E-state index in [1.54, 1.807) is 0 Å². The Morgan fingerprint density at radius 3 is 2.54 bits per heavy atom. The normalized spacial score (nSPS) is 12.4. The van der Waals surface area contributed by atoms with Gasteiger partial charge in [0.15, 0.2) is 5.96 Å². The Labute approximate surface area is 161 Å². The highest BCUT2D eigenvalue weighted by Crippen LogP contribution is 2.13. The minimum Gasteiger partial charge on any atom is -0.396 e.